The summed E-state index contributed by atoms with van der Waals surface area (Å²) in [5.41, 5.74) is 4.42. The Kier molecular flexibility index (Phi) is 8.73. The molecule has 1 fully saturated rings. The van der Waals surface area contributed by atoms with Crippen LogP contribution in [0.2, 0.25) is 0 Å². The number of rotatable bonds is 1. The van der Waals surface area contributed by atoms with Crippen molar-refractivity contribution in [2.75, 3.05) is 26.7 Å². The number of hydrogen-bond acceptors (Lipinski definition) is 7. The first-order valence-corrected chi connectivity index (χ1v) is 9.46. The van der Waals surface area contributed by atoms with Crippen LogP contribution in [-0.4, -0.2) is 37.5 Å². The molecule has 27 heavy (non-hydrogen) atoms. The molecule has 1 aromatic rings. The van der Waals surface area contributed by atoms with Crippen LogP contribution in [0.1, 0.15) is 46.8 Å². The summed E-state index contributed by atoms with van der Waals surface area (Å²) in [6, 6.07) is 0.981. The van der Waals surface area contributed by atoms with Gasteiger partial charge in [-0.05, 0) is 32.0 Å². The SMILES string of the molecule is CC.CN(N)/C=C\N.O=C1COC2(CCNCC2)c2sc(C(F)(F)F)cc21. The molecule has 10 heteroatoms. The normalized spacial score (nSPS) is 18.3. The van der Waals surface area contributed by atoms with Crippen LogP contribution in [0.5, 0.6) is 0 Å². The molecule has 0 saturated carbocycles. The molecule has 0 radical (unpaired) electrons. The number of hydrogen-bond donors (Lipinski definition) is 3. The van der Waals surface area contributed by atoms with Crippen LogP contribution in [-0.2, 0) is 16.5 Å². The van der Waals surface area contributed by atoms with Gasteiger partial charge in [0.25, 0.3) is 0 Å². The van der Waals surface area contributed by atoms with Crippen LogP contribution < -0.4 is 16.9 Å². The molecular weight excluding hydrogens is 381 g/mol. The van der Waals surface area contributed by atoms with Crippen LogP contribution in [0.3, 0.4) is 0 Å². The van der Waals surface area contributed by atoms with Gasteiger partial charge in [-0.15, -0.1) is 11.3 Å². The van der Waals surface area contributed by atoms with Crippen LogP contribution in [0.25, 0.3) is 0 Å². The average Bonchev–Trinajstić information content (AvgIpc) is 3.09. The van der Waals surface area contributed by atoms with Crippen molar-refractivity contribution in [3.05, 3.63) is 33.8 Å². The number of carbonyl (C=O) groups excluding carboxylic acids is 1. The predicted octanol–water partition coefficient (Wildman–Crippen LogP) is 2.81. The highest BCUT2D eigenvalue weighted by atomic mass is 32.1. The molecule has 3 rings (SSSR count). The number of ketones is 1. The molecule has 5 N–H and O–H groups in total. The van der Waals surface area contributed by atoms with Gasteiger partial charge in [0.1, 0.15) is 17.1 Å². The highest BCUT2D eigenvalue weighted by Gasteiger charge is 2.46. The first-order valence-electron chi connectivity index (χ1n) is 8.65. The Balaban J connectivity index is 0.000000392. The Hall–Kier alpha value is -1.62. The van der Waals surface area contributed by atoms with E-state index in [1.807, 2.05) is 13.8 Å². The Bertz CT molecular complexity index is 639. The minimum Gasteiger partial charge on any atom is -0.403 e. The van der Waals surface area contributed by atoms with Gasteiger partial charge in [0.05, 0.1) is 0 Å². The third-order valence-corrected chi connectivity index (χ3v) is 5.30. The molecule has 1 aromatic heterocycles. The van der Waals surface area contributed by atoms with Crippen LogP contribution in [0.15, 0.2) is 18.5 Å². The van der Waals surface area contributed by atoms with E-state index in [4.69, 9.17) is 16.3 Å². The van der Waals surface area contributed by atoms with E-state index in [0.717, 1.165) is 6.07 Å². The third-order valence-electron chi connectivity index (χ3n) is 3.94. The molecule has 0 bridgehead atoms. The highest BCUT2D eigenvalue weighted by Crippen LogP contribution is 2.47. The molecule has 1 spiro atoms. The molecule has 2 aliphatic heterocycles. The summed E-state index contributed by atoms with van der Waals surface area (Å²) in [6.45, 7) is 5.25. The van der Waals surface area contributed by atoms with Crippen molar-refractivity contribution < 1.29 is 22.7 Å². The average molecular weight is 408 g/mol. The Morgan fingerprint density at radius 2 is 1.93 bits per heavy atom. The van der Waals surface area contributed by atoms with E-state index in [9.17, 15) is 18.0 Å². The maximum atomic E-state index is 12.8. The minimum absolute atomic E-state index is 0.124. The van der Waals surface area contributed by atoms with Crippen LogP contribution in [0, 0.1) is 0 Å². The van der Waals surface area contributed by atoms with E-state index >= 15 is 0 Å². The fourth-order valence-corrected chi connectivity index (χ4v) is 4.01. The molecule has 0 aliphatic carbocycles. The summed E-state index contributed by atoms with van der Waals surface area (Å²) in [6.07, 6.45) is -0.271. The number of hydrazine groups is 1. The van der Waals surface area contributed by atoms with E-state index in [0.29, 0.717) is 42.1 Å². The first-order chi connectivity index (χ1) is 12.7. The number of piperidine rings is 1. The lowest BCUT2D eigenvalue weighted by Gasteiger charge is -2.39. The smallest absolute Gasteiger partial charge is 0.403 e. The number of Topliss-reactive ketones (excluding diaryl/α,β-unsaturated/α-hetero) is 1. The van der Waals surface area contributed by atoms with Crippen molar-refractivity contribution in [1.82, 2.24) is 10.3 Å². The third kappa shape index (κ3) is 5.93. The van der Waals surface area contributed by atoms with E-state index in [2.05, 4.69) is 5.32 Å². The Morgan fingerprint density at radius 1 is 1.33 bits per heavy atom. The summed E-state index contributed by atoms with van der Waals surface area (Å²) in [5, 5.41) is 4.53. The molecule has 0 amide bonds. The number of nitrogens with zero attached hydrogens (tertiary/aromatic N) is 1. The second-order valence-corrected chi connectivity index (χ2v) is 6.87. The summed E-state index contributed by atoms with van der Waals surface area (Å²) in [7, 11) is 1.70. The van der Waals surface area contributed by atoms with E-state index in [-0.39, 0.29) is 18.0 Å². The number of fused-ring (bicyclic) bond motifs is 2. The number of nitrogens with two attached hydrogens (primary N) is 2. The fourth-order valence-electron chi connectivity index (χ4n) is 2.76. The van der Waals surface area contributed by atoms with E-state index < -0.39 is 16.7 Å². The number of nitrogens with one attached hydrogen (secondary N) is 1. The van der Waals surface area contributed by atoms with E-state index in [1.165, 1.54) is 11.2 Å². The highest BCUT2D eigenvalue weighted by molar-refractivity contribution is 7.12. The molecule has 0 unspecified atom stereocenters. The molecular formula is C17H27F3N4O2S. The zero-order chi connectivity index (χ0) is 20.7. The standard InChI is InChI=1S/C12H12F3NO2S.C3H9N3.C2H6/c13-12(14,15)9-5-7-8(17)6-18-11(10(7)19-9)1-3-16-4-2-11;1-6(5)3-2-4;1-2/h5,16H,1-4,6H2;2-3H,4-5H2,1H3;1-2H3/b;3-2-;. The van der Waals surface area contributed by atoms with Crippen molar-refractivity contribution in [3.63, 3.8) is 0 Å². The summed E-state index contributed by atoms with van der Waals surface area (Å²) >= 11 is 0.653. The number of thiophene rings is 1. The molecule has 6 nitrogen and oxygen atoms in total. The van der Waals surface area contributed by atoms with Crippen LogP contribution >= 0.6 is 11.3 Å². The second kappa shape index (κ2) is 10.1. The van der Waals surface area contributed by atoms with Crippen molar-refractivity contribution in [2.45, 2.75) is 38.5 Å². The second-order valence-electron chi connectivity index (χ2n) is 5.81. The van der Waals surface area contributed by atoms with Gasteiger partial charge in [0, 0.05) is 29.9 Å². The monoisotopic (exact) mass is 408 g/mol. The minimum atomic E-state index is -4.41. The summed E-state index contributed by atoms with van der Waals surface area (Å²) < 4.78 is 44.0. The van der Waals surface area contributed by atoms with Gasteiger partial charge in [-0.25, -0.2) is 5.84 Å². The largest absolute Gasteiger partial charge is 0.425 e. The molecule has 0 aromatic carbocycles. The van der Waals surface area contributed by atoms with Crippen molar-refractivity contribution in [1.29, 1.82) is 0 Å². The lowest BCUT2D eigenvalue weighted by Crippen LogP contribution is -2.45. The first kappa shape index (κ1) is 23.4. The van der Waals surface area contributed by atoms with Gasteiger partial charge in [-0.1, -0.05) is 13.8 Å². The van der Waals surface area contributed by atoms with Gasteiger partial charge in [0.2, 0.25) is 0 Å². The Morgan fingerprint density at radius 3 is 2.37 bits per heavy atom. The number of ether oxygens (including phenoxy) is 1. The van der Waals surface area contributed by atoms with Crippen molar-refractivity contribution in [3.8, 4) is 0 Å². The summed E-state index contributed by atoms with van der Waals surface area (Å²) in [4.78, 5) is 11.5. The zero-order valence-corrected chi connectivity index (χ0v) is 16.5. The lowest BCUT2D eigenvalue weighted by molar-refractivity contribution is -0.134. The van der Waals surface area contributed by atoms with Crippen molar-refractivity contribution in [2.24, 2.45) is 11.6 Å². The molecule has 0 atom stereocenters. The maximum absolute atomic E-state index is 12.8. The Labute approximate surface area is 161 Å². The zero-order valence-electron chi connectivity index (χ0n) is 15.7. The maximum Gasteiger partial charge on any atom is 0.425 e. The van der Waals surface area contributed by atoms with Gasteiger partial charge < -0.3 is 20.8 Å². The summed E-state index contributed by atoms with van der Waals surface area (Å²) in [5.74, 6) is 4.71. The fraction of sp³-hybridized carbons (Fsp3) is 0.588. The molecule has 1 saturated heterocycles. The van der Waals surface area contributed by atoms with Crippen LogP contribution in [0.4, 0.5) is 13.2 Å². The van der Waals surface area contributed by atoms with Gasteiger partial charge in [-0.3, -0.25) is 4.79 Å². The predicted molar refractivity (Wildman–Crippen MR) is 100 cm³/mol. The van der Waals surface area contributed by atoms with Gasteiger partial charge >= 0.3 is 6.18 Å². The number of alkyl halides is 3. The van der Waals surface area contributed by atoms with E-state index in [1.54, 1.807) is 13.2 Å². The lowest BCUT2D eigenvalue weighted by atomic mass is 9.86. The number of carbonyl (C=O) groups is 1. The van der Waals surface area contributed by atoms with Crippen molar-refractivity contribution >= 4 is 17.1 Å². The topological polar surface area (TPSA) is 93.6 Å². The molecule has 3 heterocycles. The van der Waals surface area contributed by atoms with Gasteiger partial charge in [-0.2, -0.15) is 13.2 Å². The van der Waals surface area contributed by atoms with Gasteiger partial charge in [0.15, 0.2) is 5.78 Å². The molecule has 154 valence electrons. The molecule has 2 aliphatic rings. The number of halogens is 3. The quantitative estimate of drug-likeness (QED) is 0.489.